The monoisotopic (exact) mass is 291 g/mol. The summed E-state index contributed by atoms with van der Waals surface area (Å²) in [5.41, 5.74) is 7.26. The maximum Gasteiger partial charge on any atom is 0.257 e. The third-order valence-corrected chi connectivity index (χ3v) is 3.63. The highest BCUT2D eigenvalue weighted by Crippen LogP contribution is 2.19. The molecule has 1 amide bonds. The Morgan fingerprint density at radius 3 is 2.95 bits per heavy atom. The highest BCUT2D eigenvalue weighted by Gasteiger charge is 2.05. The number of anilines is 1. The number of ether oxygens (including phenoxy) is 1. The molecule has 2 aromatic rings. The van der Waals surface area contributed by atoms with Gasteiger partial charge >= 0.3 is 0 Å². The summed E-state index contributed by atoms with van der Waals surface area (Å²) in [6, 6.07) is 7.10. The van der Waals surface area contributed by atoms with Crippen molar-refractivity contribution in [2.75, 3.05) is 18.9 Å². The first kappa shape index (κ1) is 14.3. The smallest absolute Gasteiger partial charge is 0.257 e. The molecule has 1 aromatic heterocycles. The van der Waals surface area contributed by atoms with Gasteiger partial charge in [0.2, 0.25) is 0 Å². The first-order valence-electron chi connectivity index (χ1n) is 6.30. The third kappa shape index (κ3) is 4.24. The third-order valence-electron chi connectivity index (χ3n) is 2.61. The maximum atomic E-state index is 11.6. The fourth-order valence-electron chi connectivity index (χ4n) is 1.63. The molecule has 1 heterocycles. The first-order valence-corrected chi connectivity index (χ1v) is 7.18. The van der Waals surface area contributed by atoms with Gasteiger partial charge in [0.15, 0.2) is 6.61 Å². The Kier molecular flexibility index (Phi) is 4.95. The Labute approximate surface area is 121 Å². The van der Waals surface area contributed by atoms with Gasteiger partial charge < -0.3 is 15.8 Å². The second kappa shape index (κ2) is 6.91. The topological polar surface area (TPSA) is 77.2 Å². The lowest BCUT2D eigenvalue weighted by atomic mass is 10.3. The van der Waals surface area contributed by atoms with Crippen molar-refractivity contribution >= 4 is 22.9 Å². The zero-order chi connectivity index (χ0) is 14.4. The van der Waals surface area contributed by atoms with E-state index in [-0.39, 0.29) is 12.5 Å². The second-order valence-corrected chi connectivity index (χ2v) is 5.25. The lowest BCUT2D eigenvalue weighted by molar-refractivity contribution is -0.123. The first-order chi connectivity index (χ1) is 9.65. The number of nitrogens with zero attached hydrogens (tertiary/aromatic N) is 1. The minimum absolute atomic E-state index is 0.0366. The van der Waals surface area contributed by atoms with Crippen LogP contribution in [0.3, 0.4) is 0 Å². The average Bonchev–Trinajstić information content (AvgIpc) is 2.83. The number of benzene rings is 1. The largest absolute Gasteiger partial charge is 0.482 e. The van der Waals surface area contributed by atoms with Crippen molar-refractivity contribution in [1.29, 1.82) is 0 Å². The number of nitrogens with one attached hydrogen (secondary N) is 1. The summed E-state index contributed by atoms with van der Waals surface area (Å²) in [5, 5.41) is 5.81. The predicted octanol–water partition coefficient (Wildman–Crippen LogP) is 1.77. The van der Waals surface area contributed by atoms with Crippen LogP contribution in [-0.2, 0) is 11.2 Å². The van der Waals surface area contributed by atoms with E-state index in [9.17, 15) is 4.79 Å². The van der Waals surface area contributed by atoms with Crippen molar-refractivity contribution in [2.24, 2.45) is 0 Å². The van der Waals surface area contributed by atoms with Gasteiger partial charge in [0.25, 0.3) is 5.91 Å². The SMILES string of the molecule is Cc1csc(CCNC(=O)COc2ccccc2N)n1. The molecular weight excluding hydrogens is 274 g/mol. The van der Waals surface area contributed by atoms with Gasteiger partial charge in [0.1, 0.15) is 5.75 Å². The molecule has 6 heteroatoms. The summed E-state index contributed by atoms with van der Waals surface area (Å²) in [6.45, 7) is 2.47. The predicted molar refractivity (Wildman–Crippen MR) is 79.9 cm³/mol. The highest BCUT2D eigenvalue weighted by atomic mass is 32.1. The summed E-state index contributed by atoms with van der Waals surface area (Å²) < 4.78 is 5.36. The van der Waals surface area contributed by atoms with Gasteiger partial charge in [0.05, 0.1) is 10.7 Å². The molecule has 0 aliphatic heterocycles. The molecule has 2 rings (SSSR count). The van der Waals surface area contributed by atoms with Crippen molar-refractivity contribution in [3.63, 3.8) is 0 Å². The van der Waals surface area contributed by atoms with Gasteiger partial charge in [-0.3, -0.25) is 4.79 Å². The van der Waals surface area contributed by atoms with Crippen LogP contribution in [-0.4, -0.2) is 24.0 Å². The number of aryl methyl sites for hydroxylation is 1. The van der Waals surface area contributed by atoms with E-state index >= 15 is 0 Å². The van der Waals surface area contributed by atoms with E-state index < -0.39 is 0 Å². The molecular formula is C14H17N3O2S. The molecule has 0 unspecified atom stereocenters. The van der Waals surface area contributed by atoms with Crippen LogP contribution in [0.25, 0.3) is 0 Å². The number of aromatic nitrogens is 1. The van der Waals surface area contributed by atoms with E-state index in [0.717, 1.165) is 17.1 Å². The number of hydrogen-bond donors (Lipinski definition) is 2. The summed E-state index contributed by atoms with van der Waals surface area (Å²) in [7, 11) is 0. The number of thiazole rings is 1. The molecule has 1 aromatic carbocycles. The van der Waals surface area contributed by atoms with Crippen molar-refractivity contribution in [3.8, 4) is 5.75 Å². The van der Waals surface area contributed by atoms with Gasteiger partial charge in [-0.2, -0.15) is 0 Å². The minimum atomic E-state index is -0.165. The van der Waals surface area contributed by atoms with Crippen molar-refractivity contribution < 1.29 is 9.53 Å². The normalized spacial score (nSPS) is 10.2. The van der Waals surface area contributed by atoms with E-state index in [1.807, 2.05) is 24.4 Å². The fraction of sp³-hybridized carbons (Fsp3) is 0.286. The molecule has 0 saturated heterocycles. The number of rotatable bonds is 6. The quantitative estimate of drug-likeness (QED) is 0.795. The molecule has 0 bridgehead atoms. The molecule has 0 aliphatic rings. The van der Waals surface area contributed by atoms with Crippen LogP contribution in [0.1, 0.15) is 10.7 Å². The van der Waals surface area contributed by atoms with Crippen molar-refractivity contribution in [2.45, 2.75) is 13.3 Å². The summed E-state index contributed by atoms with van der Waals surface area (Å²) in [6.07, 6.45) is 0.734. The Morgan fingerprint density at radius 2 is 2.25 bits per heavy atom. The Bertz CT molecular complexity index is 583. The average molecular weight is 291 g/mol. The zero-order valence-electron chi connectivity index (χ0n) is 11.3. The number of para-hydroxylation sites is 2. The Balaban J connectivity index is 1.69. The van der Waals surface area contributed by atoms with Crippen LogP contribution in [0.4, 0.5) is 5.69 Å². The molecule has 20 heavy (non-hydrogen) atoms. The zero-order valence-corrected chi connectivity index (χ0v) is 12.1. The molecule has 0 atom stereocenters. The van der Waals surface area contributed by atoms with Gasteiger partial charge in [0, 0.05) is 24.0 Å². The molecule has 5 nitrogen and oxygen atoms in total. The number of nitrogen functional groups attached to an aromatic ring is 1. The number of amides is 1. The number of nitrogens with two attached hydrogens (primary N) is 1. The summed E-state index contributed by atoms with van der Waals surface area (Å²) in [4.78, 5) is 16.0. The lowest BCUT2D eigenvalue weighted by Gasteiger charge is -2.08. The van der Waals surface area contributed by atoms with Gasteiger partial charge in [-0.1, -0.05) is 12.1 Å². The minimum Gasteiger partial charge on any atom is -0.482 e. The van der Waals surface area contributed by atoms with Gasteiger partial charge in [-0.25, -0.2) is 4.98 Å². The highest BCUT2D eigenvalue weighted by molar-refractivity contribution is 7.09. The molecule has 0 fully saturated rings. The molecule has 106 valence electrons. The Hall–Kier alpha value is -2.08. The standard InChI is InChI=1S/C14H17N3O2S/c1-10-9-20-14(17-10)6-7-16-13(18)8-19-12-5-3-2-4-11(12)15/h2-5,9H,6-8,15H2,1H3,(H,16,18). The van der Waals surface area contributed by atoms with Crippen LogP contribution in [0.2, 0.25) is 0 Å². The maximum absolute atomic E-state index is 11.6. The summed E-state index contributed by atoms with van der Waals surface area (Å²) >= 11 is 1.60. The molecule has 0 spiro atoms. The fourth-order valence-corrected chi connectivity index (χ4v) is 2.41. The van der Waals surface area contributed by atoms with E-state index in [0.29, 0.717) is 18.0 Å². The summed E-state index contributed by atoms with van der Waals surface area (Å²) in [5.74, 6) is 0.361. The molecule has 0 saturated carbocycles. The molecule has 0 aliphatic carbocycles. The van der Waals surface area contributed by atoms with Gasteiger partial charge in [-0.05, 0) is 19.1 Å². The van der Waals surface area contributed by atoms with Crippen LogP contribution in [0.5, 0.6) is 5.75 Å². The van der Waals surface area contributed by atoms with Gasteiger partial charge in [-0.15, -0.1) is 11.3 Å². The molecule has 0 radical (unpaired) electrons. The Morgan fingerprint density at radius 1 is 1.45 bits per heavy atom. The van der Waals surface area contributed by atoms with E-state index in [4.69, 9.17) is 10.5 Å². The van der Waals surface area contributed by atoms with Crippen LogP contribution >= 0.6 is 11.3 Å². The van der Waals surface area contributed by atoms with Crippen LogP contribution in [0.15, 0.2) is 29.6 Å². The number of hydrogen-bond acceptors (Lipinski definition) is 5. The van der Waals surface area contributed by atoms with Crippen LogP contribution < -0.4 is 15.8 Å². The van der Waals surface area contributed by atoms with E-state index in [2.05, 4.69) is 10.3 Å². The number of carbonyl (C=O) groups is 1. The van der Waals surface area contributed by atoms with Crippen LogP contribution in [0, 0.1) is 6.92 Å². The molecule has 3 N–H and O–H groups in total. The number of carbonyl (C=O) groups excluding carboxylic acids is 1. The van der Waals surface area contributed by atoms with Crippen molar-refractivity contribution in [1.82, 2.24) is 10.3 Å². The second-order valence-electron chi connectivity index (χ2n) is 4.31. The van der Waals surface area contributed by atoms with E-state index in [1.54, 1.807) is 23.5 Å². The van der Waals surface area contributed by atoms with Crippen molar-refractivity contribution in [3.05, 3.63) is 40.3 Å². The lowest BCUT2D eigenvalue weighted by Crippen LogP contribution is -2.30. The van der Waals surface area contributed by atoms with E-state index in [1.165, 1.54) is 0 Å².